The Balaban J connectivity index is 5.37. The summed E-state index contributed by atoms with van der Waals surface area (Å²) in [7, 11) is -5.87. The molecular weight excluding hydrogens is 235 g/mol. The number of alkyl halides is 5. The van der Waals surface area contributed by atoms with Crippen molar-refractivity contribution >= 4 is 10.1 Å². The minimum absolute atomic E-state index is 0.684. The molecule has 0 fully saturated rings. The Morgan fingerprint density at radius 1 is 1.21 bits per heavy atom. The quantitative estimate of drug-likeness (QED) is 0.607. The van der Waals surface area contributed by atoms with Gasteiger partial charge in [0, 0.05) is 6.42 Å². The normalized spacial score (nSPS) is 16.8. The Labute approximate surface area is 76.7 Å². The largest absolute Gasteiger partial charge is 0.413 e. The molecule has 1 unspecified atom stereocenters. The molecule has 0 aliphatic carbocycles. The van der Waals surface area contributed by atoms with Crippen LogP contribution in [0.25, 0.3) is 0 Å². The van der Waals surface area contributed by atoms with E-state index in [1.807, 2.05) is 0 Å². The summed E-state index contributed by atoms with van der Waals surface area (Å²) in [5, 5.41) is -4.06. The Hall–Kier alpha value is -0.440. The first kappa shape index (κ1) is 13.6. The third-order valence-electron chi connectivity index (χ3n) is 1.45. The SMILES string of the molecule is CCC(F)(F)C(C(F)(F)F)S(=O)(=O)O. The zero-order valence-electron chi connectivity index (χ0n) is 6.85. The molecule has 0 heterocycles. The van der Waals surface area contributed by atoms with Gasteiger partial charge in [-0.1, -0.05) is 6.92 Å². The zero-order valence-corrected chi connectivity index (χ0v) is 7.66. The predicted octanol–water partition coefficient (Wildman–Crippen LogP) is 1.85. The van der Waals surface area contributed by atoms with Crippen LogP contribution in [0, 0.1) is 0 Å². The van der Waals surface area contributed by atoms with Crippen molar-refractivity contribution in [2.75, 3.05) is 0 Å². The fourth-order valence-electron chi connectivity index (χ4n) is 0.812. The molecule has 14 heavy (non-hydrogen) atoms. The van der Waals surface area contributed by atoms with Gasteiger partial charge in [-0.3, -0.25) is 4.55 Å². The van der Waals surface area contributed by atoms with Crippen LogP contribution in [0.15, 0.2) is 0 Å². The van der Waals surface area contributed by atoms with Gasteiger partial charge in [0.15, 0.2) is 0 Å². The molecule has 0 saturated heterocycles. The van der Waals surface area contributed by atoms with Crippen molar-refractivity contribution in [2.24, 2.45) is 0 Å². The highest BCUT2D eigenvalue weighted by atomic mass is 32.2. The van der Waals surface area contributed by atoms with E-state index in [1.54, 1.807) is 0 Å². The first-order valence-electron chi connectivity index (χ1n) is 3.33. The van der Waals surface area contributed by atoms with Gasteiger partial charge in [0.25, 0.3) is 16.0 Å². The summed E-state index contributed by atoms with van der Waals surface area (Å²) in [6, 6.07) is 0. The van der Waals surface area contributed by atoms with Crippen LogP contribution in [0.4, 0.5) is 22.0 Å². The molecule has 0 aromatic carbocycles. The molecule has 0 spiro atoms. The lowest BCUT2D eigenvalue weighted by molar-refractivity contribution is -0.183. The van der Waals surface area contributed by atoms with Gasteiger partial charge in [0.1, 0.15) is 0 Å². The van der Waals surface area contributed by atoms with E-state index in [9.17, 15) is 30.4 Å². The summed E-state index contributed by atoms with van der Waals surface area (Å²) in [6.07, 6.45) is -7.04. The first-order valence-corrected chi connectivity index (χ1v) is 4.84. The first-order chi connectivity index (χ1) is 5.93. The van der Waals surface area contributed by atoms with Crippen molar-refractivity contribution in [2.45, 2.75) is 30.7 Å². The van der Waals surface area contributed by atoms with Crippen molar-refractivity contribution in [1.29, 1.82) is 0 Å². The van der Waals surface area contributed by atoms with Crippen molar-refractivity contribution < 1.29 is 34.9 Å². The second kappa shape index (κ2) is 3.61. The lowest BCUT2D eigenvalue weighted by Crippen LogP contribution is -2.49. The topological polar surface area (TPSA) is 54.4 Å². The van der Waals surface area contributed by atoms with E-state index in [2.05, 4.69) is 0 Å². The van der Waals surface area contributed by atoms with E-state index in [0.717, 1.165) is 0 Å². The van der Waals surface area contributed by atoms with Crippen molar-refractivity contribution in [3.63, 3.8) is 0 Å². The van der Waals surface area contributed by atoms with Crippen molar-refractivity contribution in [3.8, 4) is 0 Å². The Bertz CT molecular complexity index is 293. The lowest BCUT2D eigenvalue weighted by Gasteiger charge is -2.24. The summed E-state index contributed by atoms with van der Waals surface area (Å²) in [5.41, 5.74) is 0. The molecule has 9 heteroatoms. The Morgan fingerprint density at radius 3 is 1.64 bits per heavy atom. The molecule has 3 nitrogen and oxygen atoms in total. The molecule has 0 bridgehead atoms. The zero-order chi connectivity index (χ0) is 11.8. The monoisotopic (exact) mass is 242 g/mol. The molecule has 0 saturated carbocycles. The van der Waals surface area contributed by atoms with Crippen LogP contribution >= 0.6 is 0 Å². The average Bonchev–Trinajstić information content (AvgIpc) is 1.79. The van der Waals surface area contributed by atoms with Gasteiger partial charge in [-0.05, 0) is 0 Å². The van der Waals surface area contributed by atoms with Gasteiger partial charge in [-0.2, -0.15) is 21.6 Å². The van der Waals surface area contributed by atoms with E-state index in [4.69, 9.17) is 4.55 Å². The Kier molecular flexibility index (Phi) is 3.50. The molecule has 1 N–H and O–H groups in total. The van der Waals surface area contributed by atoms with Crippen LogP contribution in [0.1, 0.15) is 13.3 Å². The standard InChI is InChI=1S/C5H7F5O3S/c1-2-4(6,7)3(5(8,9)10)14(11,12)13/h3H,2H2,1H3,(H,11,12,13). The lowest BCUT2D eigenvalue weighted by atomic mass is 10.2. The molecular formula is C5H7F5O3S. The van der Waals surface area contributed by atoms with Crippen LogP contribution in [-0.4, -0.2) is 30.3 Å². The van der Waals surface area contributed by atoms with Crippen molar-refractivity contribution in [1.82, 2.24) is 0 Å². The summed E-state index contributed by atoms with van der Waals surface area (Å²) in [6.45, 7) is 0.684. The van der Waals surface area contributed by atoms with Gasteiger partial charge in [0.2, 0.25) is 5.25 Å². The summed E-state index contributed by atoms with van der Waals surface area (Å²) in [4.78, 5) is 0. The maximum absolute atomic E-state index is 12.6. The summed E-state index contributed by atoms with van der Waals surface area (Å²) < 4.78 is 89.1. The number of halogens is 5. The molecule has 0 amide bonds. The third kappa shape index (κ3) is 3.05. The maximum Gasteiger partial charge on any atom is 0.413 e. The fourth-order valence-corrected chi connectivity index (χ4v) is 1.75. The van der Waals surface area contributed by atoms with Crippen molar-refractivity contribution in [3.05, 3.63) is 0 Å². The van der Waals surface area contributed by atoms with Crippen LogP contribution in [-0.2, 0) is 10.1 Å². The van der Waals surface area contributed by atoms with E-state index in [-0.39, 0.29) is 0 Å². The second-order valence-corrected chi connectivity index (χ2v) is 4.05. The summed E-state index contributed by atoms with van der Waals surface area (Å²) in [5.74, 6) is -4.54. The smallest absolute Gasteiger partial charge is 0.285 e. The minimum atomic E-state index is -5.87. The van der Waals surface area contributed by atoms with Gasteiger partial charge >= 0.3 is 6.18 Å². The average molecular weight is 242 g/mol. The Morgan fingerprint density at radius 2 is 1.57 bits per heavy atom. The molecule has 1 atom stereocenters. The fraction of sp³-hybridized carbons (Fsp3) is 1.00. The summed E-state index contributed by atoms with van der Waals surface area (Å²) >= 11 is 0. The van der Waals surface area contributed by atoms with Crippen LogP contribution in [0.3, 0.4) is 0 Å². The maximum atomic E-state index is 12.6. The predicted molar refractivity (Wildman–Crippen MR) is 36.6 cm³/mol. The minimum Gasteiger partial charge on any atom is -0.285 e. The molecule has 0 rings (SSSR count). The van der Waals surface area contributed by atoms with Crippen LogP contribution in [0.2, 0.25) is 0 Å². The molecule has 86 valence electrons. The highest BCUT2D eigenvalue weighted by Gasteiger charge is 2.62. The molecule has 0 aliphatic rings. The van der Waals surface area contributed by atoms with Gasteiger partial charge in [-0.15, -0.1) is 0 Å². The van der Waals surface area contributed by atoms with Gasteiger partial charge in [-0.25, -0.2) is 8.78 Å². The van der Waals surface area contributed by atoms with Crippen LogP contribution in [0.5, 0.6) is 0 Å². The third-order valence-corrected chi connectivity index (χ3v) is 2.66. The highest BCUT2D eigenvalue weighted by Crippen LogP contribution is 2.38. The van der Waals surface area contributed by atoms with Gasteiger partial charge in [0.05, 0.1) is 0 Å². The van der Waals surface area contributed by atoms with E-state index in [0.29, 0.717) is 6.92 Å². The number of rotatable bonds is 3. The molecule has 0 aromatic heterocycles. The second-order valence-electron chi connectivity index (χ2n) is 2.55. The molecule has 0 aromatic rings. The van der Waals surface area contributed by atoms with Gasteiger partial charge < -0.3 is 0 Å². The van der Waals surface area contributed by atoms with E-state index in [1.165, 1.54) is 0 Å². The number of hydrogen-bond donors (Lipinski definition) is 1. The number of hydrogen-bond acceptors (Lipinski definition) is 2. The molecule has 0 radical (unpaired) electrons. The molecule has 0 aliphatic heterocycles. The highest BCUT2D eigenvalue weighted by molar-refractivity contribution is 7.86. The van der Waals surface area contributed by atoms with Crippen LogP contribution < -0.4 is 0 Å². The van der Waals surface area contributed by atoms with E-state index < -0.39 is 33.9 Å². The van der Waals surface area contributed by atoms with E-state index >= 15 is 0 Å².